The molecular weight excluding hydrogens is 300 g/mol. The van der Waals surface area contributed by atoms with Crippen molar-refractivity contribution >= 4 is 0 Å². The van der Waals surface area contributed by atoms with Gasteiger partial charge in [0.05, 0.1) is 13.2 Å². The van der Waals surface area contributed by atoms with E-state index in [1.807, 2.05) is 37.4 Å². The number of para-hydroxylation sites is 1. The Hall–Kier alpha value is -1.88. The number of nitrogens with one attached hydrogen (secondary N) is 1. The van der Waals surface area contributed by atoms with E-state index in [1.165, 1.54) is 11.1 Å². The van der Waals surface area contributed by atoms with Crippen molar-refractivity contribution in [3.63, 3.8) is 0 Å². The Balaban J connectivity index is 1.66. The number of hydrogen-bond donors (Lipinski definition) is 1. The average molecular weight is 326 g/mol. The summed E-state index contributed by atoms with van der Waals surface area (Å²) in [7, 11) is 1.96. The summed E-state index contributed by atoms with van der Waals surface area (Å²) >= 11 is 0. The van der Waals surface area contributed by atoms with Crippen molar-refractivity contribution in [1.29, 1.82) is 0 Å². The molecule has 24 heavy (non-hydrogen) atoms. The molecule has 0 aromatic heterocycles. The second kappa shape index (κ2) is 8.83. The van der Waals surface area contributed by atoms with E-state index in [0.717, 1.165) is 57.3 Å². The minimum absolute atomic E-state index is 0.799. The normalized spacial score (nSPS) is 15.4. The standard InChI is InChI=1S/C20H26N2O2/c1-21-16-18-15-17(9-10-22-11-13-23-14-12-22)7-8-20(18)24-19-5-3-2-4-6-19/h2-8,15,21H,9-14,16H2,1H3. The average Bonchev–Trinajstić information content (AvgIpc) is 2.64. The van der Waals surface area contributed by atoms with Crippen LogP contribution in [0.3, 0.4) is 0 Å². The number of ether oxygens (including phenoxy) is 2. The minimum Gasteiger partial charge on any atom is -0.457 e. The number of hydrogen-bond acceptors (Lipinski definition) is 4. The maximum Gasteiger partial charge on any atom is 0.131 e. The second-order valence-corrected chi connectivity index (χ2v) is 6.09. The van der Waals surface area contributed by atoms with Crippen molar-refractivity contribution in [2.45, 2.75) is 13.0 Å². The molecular formula is C20H26N2O2. The zero-order chi connectivity index (χ0) is 16.6. The Morgan fingerprint density at radius 2 is 1.88 bits per heavy atom. The molecule has 3 rings (SSSR count). The zero-order valence-electron chi connectivity index (χ0n) is 14.3. The van der Waals surface area contributed by atoms with Crippen LogP contribution >= 0.6 is 0 Å². The highest BCUT2D eigenvalue weighted by Crippen LogP contribution is 2.26. The molecule has 0 atom stereocenters. The highest BCUT2D eigenvalue weighted by atomic mass is 16.5. The Kier molecular flexibility index (Phi) is 6.24. The van der Waals surface area contributed by atoms with Gasteiger partial charge in [-0.25, -0.2) is 0 Å². The van der Waals surface area contributed by atoms with E-state index in [1.54, 1.807) is 0 Å². The predicted molar refractivity (Wildman–Crippen MR) is 96.7 cm³/mol. The Labute approximate surface area is 144 Å². The van der Waals surface area contributed by atoms with Gasteiger partial charge in [0, 0.05) is 31.7 Å². The lowest BCUT2D eigenvalue weighted by Crippen LogP contribution is -2.37. The molecule has 0 bridgehead atoms. The third-order valence-electron chi connectivity index (χ3n) is 4.28. The first-order valence-electron chi connectivity index (χ1n) is 8.64. The van der Waals surface area contributed by atoms with E-state index < -0.39 is 0 Å². The van der Waals surface area contributed by atoms with Crippen molar-refractivity contribution in [3.8, 4) is 11.5 Å². The fraction of sp³-hybridized carbons (Fsp3) is 0.400. The summed E-state index contributed by atoms with van der Waals surface area (Å²) < 4.78 is 11.5. The maximum absolute atomic E-state index is 6.04. The summed E-state index contributed by atoms with van der Waals surface area (Å²) in [6.07, 6.45) is 1.06. The lowest BCUT2D eigenvalue weighted by atomic mass is 10.1. The first kappa shape index (κ1) is 17.0. The molecule has 0 amide bonds. The van der Waals surface area contributed by atoms with Crippen LogP contribution in [0.5, 0.6) is 11.5 Å². The number of nitrogens with zero attached hydrogens (tertiary/aromatic N) is 1. The van der Waals surface area contributed by atoms with Gasteiger partial charge in [-0.05, 0) is 37.2 Å². The molecule has 0 saturated carbocycles. The molecule has 1 heterocycles. The number of rotatable bonds is 7. The SMILES string of the molecule is CNCc1cc(CCN2CCOCC2)ccc1Oc1ccccc1. The minimum atomic E-state index is 0.799. The largest absolute Gasteiger partial charge is 0.457 e. The number of benzene rings is 2. The van der Waals surface area contributed by atoms with E-state index in [-0.39, 0.29) is 0 Å². The van der Waals surface area contributed by atoms with Gasteiger partial charge in [-0.15, -0.1) is 0 Å². The lowest BCUT2D eigenvalue weighted by molar-refractivity contribution is 0.0384. The van der Waals surface area contributed by atoms with Crippen LogP contribution in [-0.2, 0) is 17.7 Å². The van der Waals surface area contributed by atoms with Crippen LogP contribution in [0, 0.1) is 0 Å². The van der Waals surface area contributed by atoms with Gasteiger partial charge in [-0.1, -0.05) is 30.3 Å². The summed E-state index contributed by atoms with van der Waals surface area (Å²) in [6, 6.07) is 16.5. The van der Waals surface area contributed by atoms with Crippen LogP contribution in [0.25, 0.3) is 0 Å². The molecule has 0 aliphatic carbocycles. The van der Waals surface area contributed by atoms with Gasteiger partial charge in [-0.2, -0.15) is 0 Å². The Morgan fingerprint density at radius 3 is 2.62 bits per heavy atom. The van der Waals surface area contributed by atoms with Crippen molar-refractivity contribution in [2.24, 2.45) is 0 Å². The first-order valence-corrected chi connectivity index (χ1v) is 8.64. The summed E-state index contributed by atoms with van der Waals surface area (Å²) in [4.78, 5) is 2.47. The maximum atomic E-state index is 6.04. The van der Waals surface area contributed by atoms with E-state index in [4.69, 9.17) is 9.47 Å². The molecule has 1 aliphatic rings. The molecule has 4 heteroatoms. The van der Waals surface area contributed by atoms with Gasteiger partial charge in [0.25, 0.3) is 0 Å². The van der Waals surface area contributed by atoms with Crippen LogP contribution in [0.2, 0.25) is 0 Å². The van der Waals surface area contributed by atoms with Crippen molar-refractivity contribution in [3.05, 3.63) is 59.7 Å². The predicted octanol–water partition coefficient (Wildman–Crippen LogP) is 3.07. The molecule has 1 aliphatic heterocycles. The molecule has 0 unspecified atom stereocenters. The highest BCUT2D eigenvalue weighted by Gasteiger charge is 2.11. The molecule has 1 N–H and O–H groups in total. The van der Waals surface area contributed by atoms with Crippen molar-refractivity contribution in [1.82, 2.24) is 10.2 Å². The Morgan fingerprint density at radius 1 is 1.08 bits per heavy atom. The van der Waals surface area contributed by atoms with Gasteiger partial charge in [0.1, 0.15) is 11.5 Å². The molecule has 0 spiro atoms. The summed E-state index contributed by atoms with van der Waals surface area (Å²) in [5.41, 5.74) is 2.55. The van der Waals surface area contributed by atoms with Crippen LogP contribution in [0.15, 0.2) is 48.5 Å². The third-order valence-corrected chi connectivity index (χ3v) is 4.28. The van der Waals surface area contributed by atoms with Crippen LogP contribution in [0.4, 0.5) is 0 Å². The molecule has 1 fully saturated rings. The zero-order valence-corrected chi connectivity index (χ0v) is 14.3. The van der Waals surface area contributed by atoms with Gasteiger partial charge in [0.15, 0.2) is 0 Å². The van der Waals surface area contributed by atoms with E-state index >= 15 is 0 Å². The van der Waals surface area contributed by atoms with E-state index in [2.05, 4.69) is 28.4 Å². The monoisotopic (exact) mass is 326 g/mol. The summed E-state index contributed by atoms with van der Waals surface area (Å²) in [5, 5.41) is 3.24. The van der Waals surface area contributed by atoms with Gasteiger partial charge in [-0.3, -0.25) is 4.90 Å². The summed E-state index contributed by atoms with van der Waals surface area (Å²) in [5.74, 6) is 1.79. The molecule has 128 valence electrons. The van der Waals surface area contributed by atoms with E-state index in [9.17, 15) is 0 Å². The topological polar surface area (TPSA) is 33.7 Å². The quantitative estimate of drug-likeness (QED) is 0.848. The third kappa shape index (κ3) is 4.81. The lowest BCUT2D eigenvalue weighted by Gasteiger charge is -2.26. The number of morpholine rings is 1. The molecule has 2 aromatic carbocycles. The highest BCUT2D eigenvalue weighted by molar-refractivity contribution is 5.40. The molecule has 4 nitrogen and oxygen atoms in total. The van der Waals surface area contributed by atoms with Gasteiger partial charge < -0.3 is 14.8 Å². The summed E-state index contributed by atoms with van der Waals surface area (Å²) in [6.45, 7) is 5.68. The molecule has 0 radical (unpaired) electrons. The van der Waals surface area contributed by atoms with Crippen LogP contribution < -0.4 is 10.1 Å². The fourth-order valence-corrected chi connectivity index (χ4v) is 2.94. The Bertz CT molecular complexity index is 625. The fourth-order valence-electron chi connectivity index (χ4n) is 2.94. The van der Waals surface area contributed by atoms with Crippen LogP contribution in [0.1, 0.15) is 11.1 Å². The van der Waals surface area contributed by atoms with Crippen LogP contribution in [-0.4, -0.2) is 44.8 Å². The van der Waals surface area contributed by atoms with Gasteiger partial charge >= 0.3 is 0 Å². The van der Waals surface area contributed by atoms with Gasteiger partial charge in [0.2, 0.25) is 0 Å². The first-order chi connectivity index (χ1) is 11.8. The van der Waals surface area contributed by atoms with E-state index in [0.29, 0.717) is 0 Å². The second-order valence-electron chi connectivity index (χ2n) is 6.09. The molecule has 1 saturated heterocycles. The van der Waals surface area contributed by atoms with Crippen molar-refractivity contribution in [2.75, 3.05) is 39.9 Å². The molecule has 2 aromatic rings. The van der Waals surface area contributed by atoms with Crippen molar-refractivity contribution < 1.29 is 9.47 Å². The smallest absolute Gasteiger partial charge is 0.131 e.